The van der Waals surface area contributed by atoms with Crippen LogP contribution in [0.4, 0.5) is 0 Å². The van der Waals surface area contributed by atoms with E-state index < -0.39 is 0 Å². The van der Waals surface area contributed by atoms with Gasteiger partial charge in [0.25, 0.3) is 0 Å². The summed E-state index contributed by atoms with van der Waals surface area (Å²) < 4.78 is 0. The zero-order valence-corrected chi connectivity index (χ0v) is 8.76. The smallest absolute Gasteiger partial charge is 0.130 e. The highest BCUT2D eigenvalue weighted by molar-refractivity contribution is 6.30. The van der Waals surface area contributed by atoms with Crippen molar-refractivity contribution in [3.63, 3.8) is 0 Å². The lowest BCUT2D eigenvalue weighted by molar-refractivity contribution is 0.774. The summed E-state index contributed by atoms with van der Waals surface area (Å²) in [4.78, 5) is 8.07. The van der Waals surface area contributed by atoms with Crippen LogP contribution >= 0.6 is 11.6 Å². The number of hydrogen-bond donors (Lipinski definition) is 0. The first-order chi connectivity index (χ1) is 5.70. The Hall–Kier alpha value is -0.630. The van der Waals surface area contributed by atoms with Crippen molar-refractivity contribution in [2.45, 2.75) is 33.6 Å². The Labute approximate surface area is 79.0 Å². The maximum absolute atomic E-state index is 5.59. The number of halogens is 1. The number of rotatable bonds is 1. The third kappa shape index (κ3) is 3.67. The molecule has 0 unspecified atom stereocenters. The Morgan fingerprint density at radius 3 is 1.92 bits per heavy atom. The topological polar surface area (TPSA) is 25.8 Å². The zero-order valence-electron chi connectivity index (χ0n) is 8.00. The Kier molecular flexibility index (Phi) is 5.64. The molecule has 0 atom stereocenters. The minimum absolute atomic E-state index is 0.372. The van der Waals surface area contributed by atoms with E-state index in [1.165, 1.54) is 0 Å². The highest BCUT2D eigenvalue weighted by Crippen LogP contribution is 2.09. The molecule has 0 radical (unpaired) electrons. The normalized spacial score (nSPS) is 9.17. The van der Waals surface area contributed by atoms with Gasteiger partial charge in [-0.15, -0.1) is 0 Å². The van der Waals surface area contributed by atoms with Crippen LogP contribution < -0.4 is 0 Å². The molecule has 12 heavy (non-hydrogen) atoms. The van der Waals surface area contributed by atoms with Crippen LogP contribution in [0.15, 0.2) is 12.4 Å². The van der Waals surface area contributed by atoms with Crippen LogP contribution in [0.25, 0.3) is 0 Å². The highest BCUT2D eigenvalue weighted by atomic mass is 35.5. The third-order valence-electron chi connectivity index (χ3n) is 1.16. The quantitative estimate of drug-likeness (QED) is 0.673. The van der Waals surface area contributed by atoms with E-state index in [9.17, 15) is 0 Å². The second kappa shape index (κ2) is 5.95. The fourth-order valence-corrected chi connectivity index (χ4v) is 0.718. The molecule has 0 spiro atoms. The average molecular weight is 187 g/mol. The summed E-state index contributed by atoms with van der Waals surface area (Å²) >= 11 is 5.59. The van der Waals surface area contributed by atoms with Gasteiger partial charge in [-0.2, -0.15) is 0 Å². The standard InChI is InChI=1S/C7H9ClN2.C2H6/c1-5(2)7-9-3-6(8)4-10-7;1-2/h3-5H,1-2H3;1-2H3. The summed E-state index contributed by atoms with van der Waals surface area (Å²) in [7, 11) is 0. The summed E-state index contributed by atoms with van der Waals surface area (Å²) in [5, 5.41) is 0.587. The second-order valence-corrected chi connectivity index (χ2v) is 2.85. The van der Waals surface area contributed by atoms with E-state index in [0.717, 1.165) is 5.82 Å². The molecule has 0 bridgehead atoms. The molecule has 0 amide bonds. The predicted octanol–water partition coefficient (Wildman–Crippen LogP) is 3.28. The fourth-order valence-electron chi connectivity index (χ4n) is 0.620. The lowest BCUT2D eigenvalue weighted by Crippen LogP contribution is -1.94. The summed E-state index contributed by atoms with van der Waals surface area (Å²) in [5.74, 6) is 1.21. The monoisotopic (exact) mass is 186 g/mol. The van der Waals surface area contributed by atoms with Gasteiger partial charge in [0, 0.05) is 18.3 Å². The third-order valence-corrected chi connectivity index (χ3v) is 1.35. The van der Waals surface area contributed by atoms with Gasteiger partial charge in [0.05, 0.1) is 5.02 Å². The van der Waals surface area contributed by atoms with E-state index in [-0.39, 0.29) is 0 Å². The first kappa shape index (κ1) is 11.4. The van der Waals surface area contributed by atoms with E-state index in [2.05, 4.69) is 9.97 Å². The molecular weight excluding hydrogens is 172 g/mol. The van der Waals surface area contributed by atoms with Crippen molar-refractivity contribution in [1.82, 2.24) is 9.97 Å². The Balaban J connectivity index is 0.000000561. The second-order valence-electron chi connectivity index (χ2n) is 2.41. The predicted molar refractivity (Wildman–Crippen MR) is 52.5 cm³/mol. The molecule has 0 aliphatic heterocycles. The Morgan fingerprint density at radius 2 is 1.58 bits per heavy atom. The highest BCUT2D eigenvalue weighted by Gasteiger charge is 1.99. The molecule has 0 saturated carbocycles. The van der Waals surface area contributed by atoms with Gasteiger partial charge < -0.3 is 0 Å². The molecule has 0 aliphatic carbocycles. The fraction of sp³-hybridized carbons (Fsp3) is 0.556. The van der Waals surface area contributed by atoms with E-state index in [4.69, 9.17) is 11.6 Å². The molecule has 1 aromatic heterocycles. The van der Waals surface area contributed by atoms with Crippen molar-refractivity contribution in [3.05, 3.63) is 23.2 Å². The van der Waals surface area contributed by atoms with Crippen molar-refractivity contribution < 1.29 is 0 Å². The first-order valence-corrected chi connectivity index (χ1v) is 4.55. The Bertz CT molecular complexity index is 206. The van der Waals surface area contributed by atoms with Gasteiger partial charge in [0.15, 0.2) is 0 Å². The van der Waals surface area contributed by atoms with Crippen molar-refractivity contribution in [3.8, 4) is 0 Å². The van der Waals surface area contributed by atoms with Gasteiger partial charge in [-0.1, -0.05) is 39.3 Å². The van der Waals surface area contributed by atoms with Crippen LogP contribution in [0, 0.1) is 0 Å². The minimum atomic E-state index is 0.372. The van der Waals surface area contributed by atoms with Crippen LogP contribution in [0.3, 0.4) is 0 Å². The van der Waals surface area contributed by atoms with Crippen molar-refractivity contribution in [2.75, 3.05) is 0 Å². The number of aromatic nitrogens is 2. The summed E-state index contributed by atoms with van der Waals surface area (Å²) in [6, 6.07) is 0. The molecule has 3 heteroatoms. The zero-order chi connectivity index (χ0) is 9.56. The maximum atomic E-state index is 5.59. The number of hydrogen-bond acceptors (Lipinski definition) is 2. The van der Waals surface area contributed by atoms with Crippen LogP contribution in [-0.2, 0) is 0 Å². The molecular formula is C9H15ClN2. The van der Waals surface area contributed by atoms with Gasteiger partial charge in [-0.05, 0) is 0 Å². The van der Waals surface area contributed by atoms with E-state index in [1.54, 1.807) is 12.4 Å². The lowest BCUT2D eigenvalue weighted by atomic mass is 10.2. The molecule has 1 rings (SSSR count). The SMILES string of the molecule is CC.CC(C)c1ncc(Cl)cn1. The summed E-state index contributed by atoms with van der Waals surface area (Å²) in [6.07, 6.45) is 3.23. The summed E-state index contributed by atoms with van der Waals surface area (Å²) in [5.41, 5.74) is 0. The Morgan fingerprint density at radius 1 is 1.17 bits per heavy atom. The first-order valence-electron chi connectivity index (χ1n) is 4.17. The lowest BCUT2D eigenvalue weighted by Gasteiger charge is -2.00. The van der Waals surface area contributed by atoms with Gasteiger partial charge in [0.2, 0.25) is 0 Å². The molecule has 1 aromatic rings. The average Bonchev–Trinajstić information content (AvgIpc) is 2.09. The van der Waals surface area contributed by atoms with Crippen molar-refractivity contribution in [2.24, 2.45) is 0 Å². The van der Waals surface area contributed by atoms with Crippen LogP contribution in [0.2, 0.25) is 5.02 Å². The van der Waals surface area contributed by atoms with Crippen molar-refractivity contribution >= 4 is 11.6 Å². The minimum Gasteiger partial charge on any atom is -0.240 e. The van der Waals surface area contributed by atoms with Crippen LogP contribution in [-0.4, -0.2) is 9.97 Å². The van der Waals surface area contributed by atoms with E-state index >= 15 is 0 Å². The van der Waals surface area contributed by atoms with E-state index in [0.29, 0.717) is 10.9 Å². The van der Waals surface area contributed by atoms with E-state index in [1.807, 2.05) is 27.7 Å². The molecule has 0 fully saturated rings. The largest absolute Gasteiger partial charge is 0.240 e. The molecule has 1 heterocycles. The van der Waals surface area contributed by atoms with Gasteiger partial charge in [-0.25, -0.2) is 9.97 Å². The number of nitrogens with zero attached hydrogens (tertiary/aromatic N) is 2. The molecule has 0 aliphatic rings. The maximum Gasteiger partial charge on any atom is 0.130 e. The molecule has 0 aromatic carbocycles. The van der Waals surface area contributed by atoms with Crippen molar-refractivity contribution in [1.29, 1.82) is 0 Å². The van der Waals surface area contributed by atoms with Gasteiger partial charge in [-0.3, -0.25) is 0 Å². The van der Waals surface area contributed by atoms with Crippen LogP contribution in [0.5, 0.6) is 0 Å². The summed E-state index contributed by atoms with van der Waals surface area (Å²) in [6.45, 7) is 8.09. The van der Waals surface area contributed by atoms with Gasteiger partial charge in [0.1, 0.15) is 5.82 Å². The van der Waals surface area contributed by atoms with Gasteiger partial charge >= 0.3 is 0 Å². The molecule has 0 saturated heterocycles. The molecule has 68 valence electrons. The molecule has 2 nitrogen and oxygen atoms in total. The van der Waals surface area contributed by atoms with Crippen LogP contribution in [0.1, 0.15) is 39.4 Å². The molecule has 0 N–H and O–H groups in total.